The molecule has 0 amide bonds. The van der Waals surface area contributed by atoms with Crippen LogP contribution in [0.5, 0.6) is 0 Å². The van der Waals surface area contributed by atoms with Crippen molar-refractivity contribution in [3.8, 4) is 0 Å². The molecule has 3 heteroatoms. The lowest BCUT2D eigenvalue weighted by atomic mass is 10.1. The van der Waals surface area contributed by atoms with E-state index in [1.54, 1.807) is 0 Å². The minimum absolute atomic E-state index is 0.572. The molecule has 1 unspecified atom stereocenters. The smallest absolute Gasteiger partial charge is 0.0624 e. The van der Waals surface area contributed by atoms with E-state index >= 15 is 0 Å². The highest BCUT2D eigenvalue weighted by Crippen LogP contribution is 2.16. The van der Waals surface area contributed by atoms with Crippen molar-refractivity contribution < 1.29 is 0 Å². The third-order valence-electron chi connectivity index (χ3n) is 3.14. The molecule has 16 heavy (non-hydrogen) atoms. The Labute approximate surface area is 108 Å². The van der Waals surface area contributed by atoms with Crippen LogP contribution < -0.4 is 0 Å². The van der Waals surface area contributed by atoms with Crippen molar-refractivity contribution in [2.75, 3.05) is 5.33 Å². The van der Waals surface area contributed by atoms with Crippen LogP contribution in [0.1, 0.15) is 51.8 Å². The van der Waals surface area contributed by atoms with Crippen molar-refractivity contribution in [2.45, 2.75) is 52.5 Å². The summed E-state index contributed by atoms with van der Waals surface area (Å²) in [5.74, 6) is 0.735. The van der Waals surface area contributed by atoms with Crippen LogP contribution in [0.15, 0.2) is 12.3 Å². The molecule has 0 aliphatic heterocycles. The summed E-state index contributed by atoms with van der Waals surface area (Å²) in [6.45, 7) is 6.72. The largest absolute Gasteiger partial charge is 0.269 e. The lowest BCUT2D eigenvalue weighted by Crippen LogP contribution is -2.08. The normalized spacial score (nSPS) is 13.3. The summed E-state index contributed by atoms with van der Waals surface area (Å²) in [7, 11) is 0. The van der Waals surface area contributed by atoms with Gasteiger partial charge in [-0.2, -0.15) is 5.10 Å². The SMILES string of the molecule is CCC(CC)n1ccc(CCC(C)CBr)n1. The first-order valence-electron chi connectivity index (χ1n) is 6.31. The molecule has 0 fully saturated rings. The molecule has 0 aromatic carbocycles. The number of rotatable bonds is 7. The summed E-state index contributed by atoms with van der Waals surface area (Å²) < 4.78 is 2.13. The van der Waals surface area contributed by atoms with E-state index in [4.69, 9.17) is 0 Å². The van der Waals surface area contributed by atoms with Crippen LogP contribution in [0.2, 0.25) is 0 Å². The molecule has 0 saturated heterocycles. The van der Waals surface area contributed by atoms with Crippen LogP contribution in [0.3, 0.4) is 0 Å². The van der Waals surface area contributed by atoms with Crippen molar-refractivity contribution in [1.29, 1.82) is 0 Å². The molecule has 2 nitrogen and oxygen atoms in total. The van der Waals surface area contributed by atoms with Crippen molar-refractivity contribution in [3.63, 3.8) is 0 Å². The molecular weight excluding hydrogens is 264 g/mol. The fraction of sp³-hybridized carbons (Fsp3) is 0.769. The number of alkyl halides is 1. The predicted molar refractivity (Wildman–Crippen MR) is 73.1 cm³/mol. The molecule has 1 atom stereocenters. The average molecular weight is 287 g/mol. The monoisotopic (exact) mass is 286 g/mol. The molecular formula is C13H23BrN2. The highest BCUT2D eigenvalue weighted by molar-refractivity contribution is 9.09. The van der Waals surface area contributed by atoms with Crippen LogP contribution >= 0.6 is 15.9 Å². The number of aryl methyl sites for hydroxylation is 1. The van der Waals surface area contributed by atoms with Crippen molar-refractivity contribution >= 4 is 15.9 Å². The lowest BCUT2D eigenvalue weighted by Gasteiger charge is -2.12. The Morgan fingerprint density at radius 1 is 1.38 bits per heavy atom. The van der Waals surface area contributed by atoms with E-state index in [-0.39, 0.29) is 0 Å². The third kappa shape index (κ3) is 3.93. The Morgan fingerprint density at radius 2 is 2.06 bits per heavy atom. The Balaban J connectivity index is 2.51. The highest BCUT2D eigenvalue weighted by atomic mass is 79.9. The quantitative estimate of drug-likeness (QED) is 0.687. The molecule has 1 aromatic rings. The first-order valence-corrected chi connectivity index (χ1v) is 7.43. The van der Waals surface area contributed by atoms with Gasteiger partial charge in [0.25, 0.3) is 0 Å². The second-order valence-electron chi connectivity index (χ2n) is 4.56. The molecule has 0 radical (unpaired) electrons. The molecule has 0 saturated carbocycles. The average Bonchev–Trinajstić information content (AvgIpc) is 2.76. The van der Waals surface area contributed by atoms with Crippen molar-refractivity contribution in [2.24, 2.45) is 5.92 Å². The van der Waals surface area contributed by atoms with Gasteiger partial charge in [0.05, 0.1) is 11.7 Å². The Bertz CT molecular complexity index is 292. The van der Waals surface area contributed by atoms with Gasteiger partial charge in [-0.05, 0) is 37.7 Å². The Morgan fingerprint density at radius 3 is 2.62 bits per heavy atom. The van der Waals surface area contributed by atoms with E-state index in [1.165, 1.54) is 12.1 Å². The third-order valence-corrected chi connectivity index (χ3v) is 4.24. The van der Waals surface area contributed by atoms with E-state index in [9.17, 15) is 0 Å². The number of hydrogen-bond acceptors (Lipinski definition) is 1. The van der Waals surface area contributed by atoms with Crippen LogP contribution in [0.25, 0.3) is 0 Å². The van der Waals surface area contributed by atoms with Gasteiger partial charge in [-0.25, -0.2) is 0 Å². The molecule has 1 heterocycles. The van der Waals surface area contributed by atoms with Gasteiger partial charge in [-0.1, -0.05) is 36.7 Å². The van der Waals surface area contributed by atoms with Crippen LogP contribution in [0, 0.1) is 5.92 Å². The maximum atomic E-state index is 4.66. The van der Waals surface area contributed by atoms with Gasteiger partial charge in [0, 0.05) is 11.5 Å². The van der Waals surface area contributed by atoms with Gasteiger partial charge in [0.15, 0.2) is 0 Å². The summed E-state index contributed by atoms with van der Waals surface area (Å²) in [6.07, 6.45) is 6.77. The molecule has 0 spiro atoms. The summed E-state index contributed by atoms with van der Waals surface area (Å²) in [5.41, 5.74) is 1.24. The molecule has 0 N–H and O–H groups in total. The standard InChI is InChI=1S/C13H23BrN2/c1-4-13(5-2)16-9-8-12(15-16)7-6-11(3)10-14/h8-9,11,13H,4-7,10H2,1-3H3. The summed E-state index contributed by atoms with van der Waals surface area (Å²) in [6, 6.07) is 2.74. The van der Waals surface area contributed by atoms with E-state index in [0.717, 1.165) is 30.5 Å². The first-order chi connectivity index (χ1) is 7.71. The summed E-state index contributed by atoms with van der Waals surface area (Å²) in [5, 5.41) is 5.74. The molecule has 92 valence electrons. The Kier molecular flexibility index (Phi) is 6.10. The van der Waals surface area contributed by atoms with Crippen molar-refractivity contribution in [3.05, 3.63) is 18.0 Å². The zero-order valence-corrected chi connectivity index (χ0v) is 12.2. The van der Waals surface area contributed by atoms with Gasteiger partial charge in [0.2, 0.25) is 0 Å². The fourth-order valence-electron chi connectivity index (χ4n) is 1.85. The molecule has 0 aliphatic rings. The second kappa shape index (κ2) is 7.10. The molecule has 1 rings (SSSR count). The van der Waals surface area contributed by atoms with E-state index < -0.39 is 0 Å². The summed E-state index contributed by atoms with van der Waals surface area (Å²) >= 11 is 3.51. The minimum atomic E-state index is 0.572. The maximum Gasteiger partial charge on any atom is 0.0624 e. The minimum Gasteiger partial charge on any atom is -0.269 e. The van der Waals surface area contributed by atoms with Gasteiger partial charge in [-0.15, -0.1) is 0 Å². The number of aromatic nitrogens is 2. The van der Waals surface area contributed by atoms with Crippen LogP contribution in [-0.2, 0) is 6.42 Å². The van der Waals surface area contributed by atoms with Crippen LogP contribution in [-0.4, -0.2) is 15.1 Å². The highest BCUT2D eigenvalue weighted by Gasteiger charge is 2.08. The molecule has 1 aromatic heterocycles. The van der Waals surface area contributed by atoms with E-state index in [1.807, 2.05) is 0 Å². The van der Waals surface area contributed by atoms with E-state index in [2.05, 4.69) is 58.7 Å². The van der Waals surface area contributed by atoms with Gasteiger partial charge < -0.3 is 0 Å². The fourth-order valence-corrected chi connectivity index (χ4v) is 2.17. The van der Waals surface area contributed by atoms with Gasteiger partial charge >= 0.3 is 0 Å². The lowest BCUT2D eigenvalue weighted by molar-refractivity contribution is 0.424. The zero-order chi connectivity index (χ0) is 12.0. The summed E-state index contributed by atoms with van der Waals surface area (Å²) in [4.78, 5) is 0. The topological polar surface area (TPSA) is 17.8 Å². The number of hydrogen-bond donors (Lipinski definition) is 0. The molecule has 0 aliphatic carbocycles. The number of nitrogens with zero attached hydrogens (tertiary/aromatic N) is 2. The second-order valence-corrected chi connectivity index (χ2v) is 5.20. The zero-order valence-electron chi connectivity index (χ0n) is 10.6. The van der Waals surface area contributed by atoms with Gasteiger partial charge in [0.1, 0.15) is 0 Å². The predicted octanol–water partition coefficient (Wildman–Crippen LogP) is 4.21. The Hall–Kier alpha value is -0.310. The number of halogens is 1. The first kappa shape index (κ1) is 13.8. The van der Waals surface area contributed by atoms with E-state index in [0.29, 0.717) is 6.04 Å². The van der Waals surface area contributed by atoms with Crippen molar-refractivity contribution in [1.82, 2.24) is 9.78 Å². The maximum absolute atomic E-state index is 4.66. The van der Waals surface area contributed by atoms with Crippen LogP contribution in [0.4, 0.5) is 0 Å². The molecule has 0 bridgehead atoms. The van der Waals surface area contributed by atoms with Gasteiger partial charge in [-0.3, -0.25) is 4.68 Å².